The molecule has 0 aliphatic heterocycles. The van der Waals surface area contributed by atoms with E-state index in [0.29, 0.717) is 0 Å². The molecular formula is C15H13BrN2O2S. The number of nitrogens with zero attached hydrogens (tertiary/aromatic N) is 1. The molecule has 0 spiro atoms. The maximum atomic E-state index is 6.00. The van der Waals surface area contributed by atoms with Gasteiger partial charge in [-0.25, -0.2) is 0 Å². The highest BCUT2D eigenvalue weighted by atomic mass is 79.9. The van der Waals surface area contributed by atoms with Gasteiger partial charge in [-0.15, -0.1) is 11.3 Å². The van der Waals surface area contributed by atoms with E-state index in [4.69, 9.17) is 15.0 Å². The molecule has 0 bridgehead atoms. The fourth-order valence-corrected chi connectivity index (χ4v) is 3.35. The quantitative estimate of drug-likeness (QED) is 0.729. The summed E-state index contributed by atoms with van der Waals surface area (Å²) >= 11 is 5.05. The molecule has 2 heterocycles. The van der Waals surface area contributed by atoms with Crippen LogP contribution in [0, 0.1) is 6.92 Å². The lowest BCUT2D eigenvalue weighted by molar-refractivity contribution is 0.416. The summed E-state index contributed by atoms with van der Waals surface area (Å²) in [6, 6.07) is 7.93. The molecule has 0 radical (unpaired) electrons. The highest BCUT2D eigenvalue weighted by Crippen LogP contribution is 2.42. The molecule has 0 saturated carbocycles. The molecule has 0 aliphatic carbocycles. The Morgan fingerprint density at radius 2 is 2.14 bits per heavy atom. The third-order valence-corrected chi connectivity index (χ3v) is 4.69. The largest absolute Gasteiger partial charge is 0.496 e. The van der Waals surface area contributed by atoms with Gasteiger partial charge >= 0.3 is 0 Å². The lowest BCUT2D eigenvalue weighted by Crippen LogP contribution is -1.92. The van der Waals surface area contributed by atoms with E-state index in [1.807, 2.05) is 36.6 Å². The predicted octanol–water partition coefficient (Wildman–Crippen LogP) is 4.73. The second-order valence-electron chi connectivity index (χ2n) is 4.61. The van der Waals surface area contributed by atoms with Crippen LogP contribution in [0.15, 0.2) is 38.0 Å². The summed E-state index contributed by atoms with van der Waals surface area (Å²) in [6.45, 7) is 2.02. The van der Waals surface area contributed by atoms with E-state index in [9.17, 15) is 0 Å². The number of hydrogen-bond donors (Lipinski definition) is 1. The first-order chi connectivity index (χ1) is 10.1. The van der Waals surface area contributed by atoms with Gasteiger partial charge in [-0.05, 0) is 41.1 Å². The van der Waals surface area contributed by atoms with E-state index in [2.05, 4.69) is 21.1 Å². The van der Waals surface area contributed by atoms with Gasteiger partial charge in [-0.2, -0.15) is 0 Å². The number of aromatic nitrogens is 1. The summed E-state index contributed by atoms with van der Waals surface area (Å²) in [5, 5.41) is 6.12. The Balaban J connectivity index is 2.24. The first kappa shape index (κ1) is 14.2. The number of nitrogen functional groups attached to an aromatic ring is 1. The lowest BCUT2D eigenvalue weighted by atomic mass is 10.00. The van der Waals surface area contributed by atoms with Crippen LogP contribution in [0.3, 0.4) is 0 Å². The normalized spacial score (nSPS) is 10.8. The van der Waals surface area contributed by atoms with Gasteiger partial charge in [0.05, 0.1) is 16.5 Å². The number of nitrogens with two attached hydrogens (primary N) is 1. The first-order valence-electron chi connectivity index (χ1n) is 6.24. The first-order valence-corrected chi connectivity index (χ1v) is 7.92. The maximum Gasteiger partial charge on any atom is 0.230 e. The molecule has 3 rings (SSSR count). The molecule has 0 unspecified atom stereocenters. The van der Waals surface area contributed by atoms with Crippen molar-refractivity contribution in [1.82, 2.24) is 5.16 Å². The summed E-state index contributed by atoms with van der Waals surface area (Å²) in [5.41, 5.74) is 10.4. The Kier molecular flexibility index (Phi) is 3.73. The Bertz CT molecular complexity index is 795. The minimum absolute atomic E-state index is 0.288. The topological polar surface area (TPSA) is 61.3 Å². The number of thiophene rings is 1. The van der Waals surface area contributed by atoms with Crippen LogP contribution in [-0.2, 0) is 0 Å². The van der Waals surface area contributed by atoms with Crippen LogP contribution in [0.4, 0.5) is 5.88 Å². The summed E-state index contributed by atoms with van der Waals surface area (Å²) in [7, 11) is 1.64. The number of rotatable bonds is 3. The average Bonchev–Trinajstić information content (AvgIpc) is 3.04. The van der Waals surface area contributed by atoms with Gasteiger partial charge < -0.3 is 15.0 Å². The number of benzene rings is 1. The van der Waals surface area contributed by atoms with Crippen molar-refractivity contribution >= 4 is 33.2 Å². The molecule has 0 saturated heterocycles. The average molecular weight is 365 g/mol. The van der Waals surface area contributed by atoms with Crippen molar-refractivity contribution in [3.8, 4) is 28.1 Å². The van der Waals surface area contributed by atoms with Crippen LogP contribution < -0.4 is 10.5 Å². The van der Waals surface area contributed by atoms with Gasteiger partial charge in [0.1, 0.15) is 11.4 Å². The summed E-state index contributed by atoms with van der Waals surface area (Å²) in [5.74, 6) is 1.03. The summed E-state index contributed by atoms with van der Waals surface area (Å²) in [6.07, 6.45) is 0. The fourth-order valence-electron chi connectivity index (χ4n) is 2.21. The van der Waals surface area contributed by atoms with Gasteiger partial charge in [0.2, 0.25) is 5.88 Å². The zero-order chi connectivity index (χ0) is 15.0. The number of ether oxygens (including phenoxy) is 1. The molecule has 0 aliphatic rings. The molecule has 0 atom stereocenters. The Labute approximate surface area is 134 Å². The van der Waals surface area contributed by atoms with E-state index in [0.717, 1.165) is 37.5 Å². The highest BCUT2D eigenvalue weighted by Gasteiger charge is 2.21. The van der Waals surface area contributed by atoms with Crippen LogP contribution in [0.2, 0.25) is 0 Å². The summed E-state index contributed by atoms with van der Waals surface area (Å²) in [4.78, 5) is 0. The Morgan fingerprint density at radius 1 is 1.33 bits per heavy atom. The fraction of sp³-hybridized carbons (Fsp3) is 0.133. The Morgan fingerprint density at radius 3 is 2.81 bits per heavy atom. The molecule has 0 fully saturated rings. The third kappa shape index (κ3) is 2.56. The molecule has 6 heteroatoms. The van der Waals surface area contributed by atoms with Crippen molar-refractivity contribution < 1.29 is 9.26 Å². The van der Waals surface area contributed by atoms with E-state index in [1.54, 1.807) is 18.4 Å². The second kappa shape index (κ2) is 5.54. The lowest BCUT2D eigenvalue weighted by Gasteiger charge is -2.09. The predicted molar refractivity (Wildman–Crippen MR) is 88.7 cm³/mol. The molecule has 2 N–H and O–H groups in total. The van der Waals surface area contributed by atoms with Crippen molar-refractivity contribution in [3.05, 3.63) is 39.0 Å². The van der Waals surface area contributed by atoms with Crippen LogP contribution in [0.1, 0.15) is 5.56 Å². The molecule has 3 aromatic rings. The van der Waals surface area contributed by atoms with Crippen molar-refractivity contribution in [1.29, 1.82) is 0 Å². The highest BCUT2D eigenvalue weighted by molar-refractivity contribution is 9.11. The van der Waals surface area contributed by atoms with E-state index < -0.39 is 0 Å². The molecule has 4 nitrogen and oxygen atoms in total. The SMILES string of the molecule is COc1ccc(C)cc1-c1c(-c2csc(Br)c2)noc1N. The molecule has 108 valence electrons. The van der Waals surface area contributed by atoms with Crippen LogP contribution >= 0.6 is 27.3 Å². The van der Waals surface area contributed by atoms with E-state index >= 15 is 0 Å². The minimum Gasteiger partial charge on any atom is -0.496 e. The number of halogens is 1. The number of aryl methyl sites for hydroxylation is 1. The molecule has 1 aromatic carbocycles. The van der Waals surface area contributed by atoms with Crippen molar-refractivity contribution in [2.45, 2.75) is 6.92 Å². The van der Waals surface area contributed by atoms with Crippen molar-refractivity contribution in [3.63, 3.8) is 0 Å². The molecular weight excluding hydrogens is 352 g/mol. The smallest absolute Gasteiger partial charge is 0.230 e. The zero-order valence-electron chi connectivity index (χ0n) is 11.5. The van der Waals surface area contributed by atoms with Crippen LogP contribution in [0.5, 0.6) is 5.75 Å². The van der Waals surface area contributed by atoms with E-state index in [1.165, 1.54) is 0 Å². The van der Waals surface area contributed by atoms with Gasteiger partial charge in [0, 0.05) is 16.5 Å². The van der Waals surface area contributed by atoms with Gasteiger partial charge in [0.25, 0.3) is 0 Å². The van der Waals surface area contributed by atoms with Gasteiger partial charge in [-0.1, -0.05) is 16.8 Å². The van der Waals surface area contributed by atoms with E-state index in [-0.39, 0.29) is 5.88 Å². The standard InChI is InChI=1S/C15H13BrN2O2S/c1-8-3-4-11(19-2)10(5-8)13-14(18-20-15(13)17)9-6-12(16)21-7-9/h3-7H,17H2,1-2H3. The summed E-state index contributed by atoms with van der Waals surface area (Å²) < 4.78 is 11.7. The molecule has 2 aromatic heterocycles. The van der Waals surface area contributed by atoms with Crippen molar-refractivity contribution in [2.24, 2.45) is 0 Å². The second-order valence-corrected chi connectivity index (χ2v) is 6.90. The zero-order valence-corrected chi connectivity index (χ0v) is 13.9. The molecule has 21 heavy (non-hydrogen) atoms. The third-order valence-electron chi connectivity index (χ3n) is 3.18. The minimum atomic E-state index is 0.288. The molecule has 0 amide bonds. The number of hydrogen-bond acceptors (Lipinski definition) is 5. The van der Waals surface area contributed by atoms with Crippen LogP contribution in [0.25, 0.3) is 22.4 Å². The van der Waals surface area contributed by atoms with Gasteiger partial charge in [-0.3, -0.25) is 0 Å². The maximum absolute atomic E-state index is 6.00. The van der Waals surface area contributed by atoms with Gasteiger partial charge in [0.15, 0.2) is 0 Å². The van der Waals surface area contributed by atoms with Crippen LogP contribution in [-0.4, -0.2) is 12.3 Å². The Hall–Kier alpha value is -1.79. The number of anilines is 1. The monoisotopic (exact) mass is 364 g/mol. The van der Waals surface area contributed by atoms with Crippen molar-refractivity contribution in [2.75, 3.05) is 12.8 Å². The number of methoxy groups -OCH3 is 1.